The van der Waals surface area contributed by atoms with Crippen LogP contribution in [0.4, 0.5) is 0 Å². The van der Waals surface area contributed by atoms with Crippen LogP contribution in [0.25, 0.3) is 0 Å². The average Bonchev–Trinajstić information content (AvgIpc) is 2.13. The standard InChI is InChI=1S/C8H18N2O3/c1-6(5-11)10-8(12)7(9)3-4-13-2/h6-7,11H,3-5,9H2,1-2H3,(H,10,12)/t6-,7?/m1/s1. The second kappa shape index (κ2) is 6.82. The van der Waals surface area contributed by atoms with Crippen LogP contribution in [-0.2, 0) is 9.53 Å². The zero-order valence-corrected chi connectivity index (χ0v) is 8.12. The first-order chi connectivity index (χ1) is 6.11. The third-order valence-electron chi connectivity index (χ3n) is 1.63. The highest BCUT2D eigenvalue weighted by Gasteiger charge is 2.14. The minimum Gasteiger partial charge on any atom is -0.394 e. The number of aliphatic hydroxyl groups excluding tert-OH is 1. The van der Waals surface area contributed by atoms with E-state index in [0.29, 0.717) is 13.0 Å². The quantitative estimate of drug-likeness (QED) is 0.493. The number of carbonyl (C=O) groups is 1. The van der Waals surface area contributed by atoms with Gasteiger partial charge in [-0.25, -0.2) is 0 Å². The molecule has 0 aliphatic rings. The molecule has 0 aromatic rings. The maximum atomic E-state index is 11.2. The molecule has 13 heavy (non-hydrogen) atoms. The number of nitrogens with two attached hydrogens (primary N) is 1. The van der Waals surface area contributed by atoms with Gasteiger partial charge in [-0.05, 0) is 13.3 Å². The van der Waals surface area contributed by atoms with E-state index in [1.165, 1.54) is 0 Å². The Morgan fingerprint density at radius 1 is 1.69 bits per heavy atom. The Hall–Kier alpha value is -0.650. The molecule has 0 aromatic heterocycles. The molecule has 0 spiro atoms. The van der Waals surface area contributed by atoms with Gasteiger partial charge in [0.25, 0.3) is 0 Å². The van der Waals surface area contributed by atoms with Crippen LogP contribution >= 0.6 is 0 Å². The fourth-order valence-electron chi connectivity index (χ4n) is 0.771. The van der Waals surface area contributed by atoms with Gasteiger partial charge in [-0.15, -0.1) is 0 Å². The maximum Gasteiger partial charge on any atom is 0.237 e. The third-order valence-corrected chi connectivity index (χ3v) is 1.63. The van der Waals surface area contributed by atoms with Gasteiger partial charge in [0.2, 0.25) is 5.91 Å². The molecule has 0 saturated carbocycles. The van der Waals surface area contributed by atoms with E-state index >= 15 is 0 Å². The number of hydrogen-bond donors (Lipinski definition) is 3. The van der Waals surface area contributed by atoms with Crippen LogP contribution in [0.2, 0.25) is 0 Å². The Labute approximate surface area is 78.3 Å². The summed E-state index contributed by atoms with van der Waals surface area (Å²) in [5.41, 5.74) is 5.53. The lowest BCUT2D eigenvalue weighted by Crippen LogP contribution is -2.45. The Morgan fingerprint density at radius 3 is 2.77 bits per heavy atom. The smallest absolute Gasteiger partial charge is 0.237 e. The Bertz CT molecular complexity index is 152. The lowest BCUT2D eigenvalue weighted by Gasteiger charge is -2.15. The first kappa shape index (κ1) is 12.3. The van der Waals surface area contributed by atoms with Crippen LogP contribution in [0, 0.1) is 0 Å². The molecule has 2 atom stereocenters. The summed E-state index contributed by atoms with van der Waals surface area (Å²) in [6, 6.07) is -0.810. The number of nitrogens with one attached hydrogen (secondary N) is 1. The summed E-state index contributed by atoms with van der Waals surface area (Å²) in [6.45, 7) is 2.09. The second-order valence-electron chi connectivity index (χ2n) is 2.98. The number of amides is 1. The van der Waals surface area contributed by atoms with Crippen molar-refractivity contribution in [3.8, 4) is 0 Å². The van der Waals surface area contributed by atoms with Gasteiger partial charge in [-0.1, -0.05) is 0 Å². The summed E-state index contributed by atoms with van der Waals surface area (Å²) >= 11 is 0. The van der Waals surface area contributed by atoms with Gasteiger partial charge in [-0.3, -0.25) is 4.79 Å². The highest BCUT2D eigenvalue weighted by atomic mass is 16.5. The Balaban J connectivity index is 3.68. The van der Waals surface area contributed by atoms with E-state index < -0.39 is 6.04 Å². The average molecular weight is 190 g/mol. The molecule has 0 radical (unpaired) electrons. The molecule has 1 unspecified atom stereocenters. The minimum atomic E-state index is -0.561. The number of methoxy groups -OCH3 is 1. The molecular weight excluding hydrogens is 172 g/mol. The lowest BCUT2D eigenvalue weighted by atomic mass is 10.2. The molecule has 0 rings (SSSR count). The van der Waals surface area contributed by atoms with Crippen molar-refractivity contribution in [3.05, 3.63) is 0 Å². The third kappa shape index (κ3) is 5.57. The lowest BCUT2D eigenvalue weighted by molar-refractivity contribution is -0.123. The van der Waals surface area contributed by atoms with Crippen molar-refractivity contribution in [2.75, 3.05) is 20.3 Å². The molecule has 4 N–H and O–H groups in total. The van der Waals surface area contributed by atoms with Crippen molar-refractivity contribution in [2.45, 2.75) is 25.4 Å². The number of ether oxygens (including phenoxy) is 1. The number of aliphatic hydroxyl groups is 1. The van der Waals surface area contributed by atoms with Crippen molar-refractivity contribution in [2.24, 2.45) is 5.73 Å². The highest BCUT2D eigenvalue weighted by molar-refractivity contribution is 5.81. The van der Waals surface area contributed by atoms with Crippen LogP contribution < -0.4 is 11.1 Å². The van der Waals surface area contributed by atoms with Crippen molar-refractivity contribution in [1.82, 2.24) is 5.32 Å². The monoisotopic (exact) mass is 190 g/mol. The second-order valence-corrected chi connectivity index (χ2v) is 2.98. The molecule has 0 heterocycles. The zero-order chi connectivity index (χ0) is 10.3. The topological polar surface area (TPSA) is 84.6 Å². The summed E-state index contributed by atoms with van der Waals surface area (Å²) < 4.78 is 4.78. The summed E-state index contributed by atoms with van der Waals surface area (Å²) in [4.78, 5) is 11.2. The Kier molecular flexibility index (Phi) is 6.48. The van der Waals surface area contributed by atoms with E-state index in [1.54, 1.807) is 14.0 Å². The van der Waals surface area contributed by atoms with Crippen LogP contribution in [0.15, 0.2) is 0 Å². The van der Waals surface area contributed by atoms with Gasteiger partial charge >= 0.3 is 0 Å². The molecule has 0 aliphatic heterocycles. The highest BCUT2D eigenvalue weighted by Crippen LogP contribution is 1.90. The van der Waals surface area contributed by atoms with E-state index in [0.717, 1.165) is 0 Å². The fourth-order valence-corrected chi connectivity index (χ4v) is 0.771. The van der Waals surface area contributed by atoms with E-state index in [1.807, 2.05) is 0 Å². The summed E-state index contributed by atoms with van der Waals surface area (Å²) in [7, 11) is 1.56. The summed E-state index contributed by atoms with van der Waals surface area (Å²) in [5.74, 6) is -0.251. The molecular formula is C8H18N2O3. The van der Waals surface area contributed by atoms with Crippen LogP contribution in [0.3, 0.4) is 0 Å². The van der Waals surface area contributed by atoms with Gasteiger partial charge < -0.3 is 20.9 Å². The van der Waals surface area contributed by atoms with Crippen molar-refractivity contribution in [1.29, 1.82) is 0 Å². The predicted octanol–water partition coefficient (Wildman–Crippen LogP) is -1.15. The minimum absolute atomic E-state index is 0.0806. The van der Waals surface area contributed by atoms with Crippen LogP contribution in [-0.4, -0.2) is 43.4 Å². The number of carbonyl (C=O) groups excluding carboxylic acids is 1. The molecule has 1 amide bonds. The van der Waals surface area contributed by atoms with E-state index in [9.17, 15) is 4.79 Å². The normalized spacial score (nSPS) is 15.1. The van der Waals surface area contributed by atoms with Gasteiger partial charge in [0.1, 0.15) is 0 Å². The molecule has 0 bridgehead atoms. The molecule has 0 fully saturated rings. The van der Waals surface area contributed by atoms with Crippen molar-refractivity contribution < 1.29 is 14.6 Å². The van der Waals surface area contributed by atoms with Crippen LogP contribution in [0.5, 0.6) is 0 Å². The molecule has 0 saturated heterocycles. The van der Waals surface area contributed by atoms with Gasteiger partial charge in [-0.2, -0.15) is 0 Å². The number of hydrogen-bond acceptors (Lipinski definition) is 4. The van der Waals surface area contributed by atoms with E-state index in [4.69, 9.17) is 15.6 Å². The fraction of sp³-hybridized carbons (Fsp3) is 0.875. The number of rotatable bonds is 6. The van der Waals surface area contributed by atoms with Gasteiger partial charge in [0, 0.05) is 19.8 Å². The van der Waals surface area contributed by atoms with Gasteiger partial charge in [0.15, 0.2) is 0 Å². The Morgan fingerprint density at radius 2 is 2.31 bits per heavy atom. The van der Waals surface area contributed by atoms with E-state index in [2.05, 4.69) is 5.32 Å². The van der Waals surface area contributed by atoms with Crippen molar-refractivity contribution in [3.63, 3.8) is 0 Å². The molecule has 78 valence electrons. The maximum absolute atomic E-state index is 11.2. The van der Waals surface area contributed by atoms with Crippen LogP contribution in [0.1, 0.15) is 13.3 Å². The zero-order valence-electron chi connectivity index (χ0n) is 8.12. The summed E-state index contributed by atoms with van der Waals surface area (Å²) in [6.07, 6.45) is 0.487. The molecule has 5 heteroatoms. The van der Waals surface area contributed by atoms with Gasteiger partial charge in [0.05, 0.1) is 12.6 Å². The first-order valence-electron chi connectivity index (χ1n) is 4.27. The van der Waals surface area contributed by atoms with E-state index in [-0.39, 0.29) is 18.6 Å². The summed E-state index contributed by atoms with van der Waals surface area (Å²) in [5, 5.41) is 11.2. The van der Waals surface area contributed by atoms with Crippen molar-refractivity contribution >= 4 is 5.91 Å². The SMILES string of the molecule is COCCC(N)C(=O)N[C@H](C)CO. The first-order valence-corrected chi connectivity index (χ1v) is 4.27. The predicted molar refractivity (Wildman–Crippen MR) is 49.2 cm³/mol. The largest absolute Gasteiger partial charge is 0.394 e. The molecule has 5 nitrogen and oxygen atoms in total. The molecule has 0 aliphatic carbocycles. The molecule has 0 aromatic carbocycles.